The molecule has 1 aromatic heterocycles. The molecule has 1 amide bonds. The lowest BCUT2D eigenvalue weighted by Gasteiger charge is -2.06. The SMILES string of the molecule is Cc1ccc(-c2cccc(/C=C/C(=O)Nc3ccc(Cc4cccc[n+]4[O-])cc3)c2)cc1. The molecule has 0 spiro atoms. The number of hydrogen-bond donors (Lipinski definition) is 1. The van der Waals surface area contributed by atoms with E-state index >= 15 is 0 Å². The number of nitrogens with zero attached hydrogens (tertiary/aromatic N) is 1. The Bertz CT molecular complexity index is 1240. The molecule has 4 aromatic rings. The second kappa shape index (κ2) is 9.75. The summed E-state index contributed by atoms with van der Waals surface area (Å²) in [5.41, 5.74) is 6.84. The molecule has 0 radical (unpaired) electrons. The van der Waals surface area contributed by atoms with Crippen molar-refractivity contribution in [3.8, 4) is 11.1 Å². The number of amides is 1. The van der Waals surface area contributed by atoms with Gasteiger partial charge in [-0.15, -0.1) is 0 Å². The second-order valence-electron chi connectivity index (χ2n) is 7.71. The number of benzene rings is 3. The Morgan fingerprint density at radius 1 is 0.906 bits per heavy atom. The van der Waals surface area contributed by atoms with Crippen molar-refractivity contribution in [1.29, 1.82) is 0 Å². The van der Waals surface area contributed by atoms with E-state index in [1.54, 1.807) is 12.1 Å². The number of nitrogens with one attached hydrogen (secondary N) is 1. The lowest BCUT2D eigenvalue weighted by atomic mass is 10.0. The van der Waals surface area contributed by atoms with Crippen LogP contribution < -0.4 is 10.0 Å². The molecule has 1 N–H and O–H groups in total. The minimum atomic E-state index is -0.195. The first kappa shape index (κ1) is 21.1. The van der Waals surface area contributed by atoms with Crippen LogP contribution in [0.15, 0.2) is 103 Å². The monoisotopic (exact) mass is 420 g/mol. The van der Waals surface area contributed by atoms with E-state index in [0.717, 1.165) is 27.0 Å². The average molecular weight is 421 g/mol. The van der Waals surface area contributed by atoms with E-state index in [9.17, 15) is 10.0 Å². The number of anilines is 1. The maximum absolute atomic E-state index is 12.4. The van der Waals surface area contributed by atoms with Crippen LogP contribution in [0.1, 0.15) is 22.4 Å². The predicted molar refractivity (Wildman–Crippen MR) is 129 cm³/mol. The Morgan fingerprint density at radius 3 is 2.44 bits per heavy atom. The molecule has 4 heteroatoms. The molecular weight excluding hydrogens is 396 g/mol. The van der Waals surface area contributed by atoms with Gasteiger partial charge in [-0.05, 0) is 53.5 Å². The van der Waals surface area contributed by atoms with Crippen molar-refractivity contribution >= 4 is 17.7 Å². The van der Waals surface area contributed by atoms with E-state index in [0.29, 0.717) is 17.8 Å². The van der Waals surface area contributed by atoms with E-state index in [2.05, 4.69) is 48.6 Å². The summed E-state index contributed by atoms with van der Waals surface area (Å²) in [5, 5.41) is 14.7. The summed E-state index contributed by atoms with van der Waals surface area (Å²) in [6.07, 6.45) is 5.37. The van der Waals surface area contributed by atoms with Gasteiger partial charge < -0.3 is 10.5 Å². The Kier molecular flexibility index (Phi) is 6.42. The molecule has 0 unspecified atom stereocenters. The van der Waals surface area contributed by atoms with Gasteiger partial charge in [0.1, 0.15) is 0 Å². The van der Waals surface area contributed by atoms with Crippen molar-refractivity contribution in [2.24, 2.45) is 0 Å². The van der Waals surface area contributed by atoms with Crippen molar-refractivity contribution in [1.82, 2.24) is 0 Å². The van der Waals surface area contributed by atoms with Crippen molar-refractivity contribution < 1.29 is 9.52 Å². The predicted octanol–water partition coefficient (Wildman–Crippen LogP) is 5.54. The highest BCUT2D eigenvalue weighted by molar-refractivity contribution is 6.02. The third kappa shape index (κ3) is 5.49. The van der Waals surface area contributed by atoms with Crippen LogP contribution in [0.5, 0.6) is 0 Å². The number of carbonyl (C=O) groups is 1. The van der Waals surface area contributed by atoms with E-state index in [4.69, 9.17) is 0 Å². The molecule has 158 valence electrons. The number of carbonyl (C=O) groups excluding carboxylic acids is 1. The van der Waals surface area contributed by atoms with Gasteiger partial charge in [0.05, 0.1) is 6.42 Å². The summed E-state index contributed by atoms with van der Waals surface area (Å²) < 4.78 is 0.869. The van der Waals surface area contributed by atoms with Crippen LogP contribution in [0.4, 0.5) is 5.69 Å². The number of rotatable bonds is 6. The Morgan fingerprint density at radius 2 is 1.69 bits per heavy atom. The highest BCUT2D eigenvalue weighted by Crippen LogP contribution is 2.21. The molecule has 0 atom stereocenters. The maximum Gasteiger partial charge on any atom is 0.248 e. The standard InChI is InChI=1S/C28H24N2O2/c1-21-8-13-24(14-9-21)25-6-4-5-22(19-25)12-17-28(31)29-26-15-10-23(11-16-26)20-27-7-2-3-18-30(27)32/h2-19H,20H2,1H3,(H,29,31)/b17-12+. The summed E-state index contributed by atoms with van der Waals surface area (Å²) >= 11 is 0. The number of pyridine rings is 1. The maximum atomic E-state index is 12.4. The molecular formula is C28H24N2O2. The van der Waals surface area contributed by atoms with E-state index in [-0.39, 0.29) is 5.91 Å². The molecule has 4 nitrogen and oxygen atoms in total. The first-order chi connectivity index (χ1) is 15.6. The van der Waals surface area contributed by atoms with Crippen LogP contribution in [0.2, 0.25) is 0 Å². The normalized spacial score (nSPS) is 10.9. The molecule has 4 rings (SSSR count). The van der Waals surface area contributed by atoms with Gasteiger partial charge in [0.25, 0.3) is 0 Å². The van der Waals surface area contributed by atoms with Crippen LogP contribution in [-0.4, -0.2) is 5.91 Å². The van der Waals surface area contributed by atoms with E-state index < -0.39 is 0 Å². The molecule has 0 saturated carbocycles. The molecule has 32 heavy (non-hydrogen) atoms. The smallest absolute Gasteiger partial charge is 0.248 e. The molecule has 0 aliphatic rings. The molecule has 0 bridgehead atoms. The van der Waals surface area contributed by atoms with Gasteiger partial charge in [-0.3, -0.25) is 4.79 Å². The Balaban J connectivity index is 1.38. The molecule has 0 aliphatic carbocycles. The first-order valence-electron chi connectivity index (χ1n) is 10.5. The quantitative estimate of drug-likeness (QED) is 0.253. The Hall–Kier alpha value is -4.18. The summed E-state index contributed by atoms with van der Waals surface area (Å²) in [7, 11) is 0. The van der Waals surface area contributed by atoms with Crippen molar-refractivity contribution in [2.75, 3.05) is 5.32 Å². The van der Waals surface area contributed by atoms with Gasteiger partial charge in [0, 0.05) is 23.9 Å². The lowest BCUT2D eigenvalue weighted by Crippen LogP contribution is -2.30. The summed E-state index contributed by atoms with van der Waals surface area (Å²) in [6, 6.07) is 29.4. The van der Waals surface area contributed by atoms with Gasteiger partial charge >= 0.3 is 0 Å². The zero-order valence-corrected chi connectivity index (χ0v) is 17.9. The summed E-state index contributed by atoms with van der Waals surface area (Å²) in [5.74, 6) is -0.195. The largest absolute Gasteiger partial charge is 0.618 e. The lowest BCUT2D eigenvalue weighted by molar-refractivity contribution is -0.613. The molecule has 0 aliphatic heterocycles. The number of aryl methyl sites for hydroxylation is 1. The van der Waals surface area contributed by atoms with Crippen LogP contribution in [0, 0.1) is 12.1 Å². The van der Waals surface area contributed by atoms with Crippen molar-refractivity contribution in [3.05, 3.63) is 131 Å². The van der Waals surface area contributed by atoms with Crippen molar-refractivity contribution in [2.45, 2.75) is 13.3 Å². The second-order valence-corrected chi connectivity index (χ2v) is 7.71. The van der Waals surface area contributed by atoms with Gasteiger partial charge in [-0.1, -0.05) is 66.2 Å². The fourth-order valence-electron chi connectivity index (χ4n) is 3.44. The zero-order chi connectivity index (χ0) is 22.3. The van der Waals surface area contributed by atoms with E-state index in [1.165, 1.54) is 17.8 Å². The number of hydrogen-bond acceptors (Lipinski definition) is 2. The zero-order valence-electron chi connectivity index (χ0n) is 17.9. The van der Waals surface area contributed by atoms with Gasteiger partial charge in [-0.2, -0.15) is 4.73 Å². The third-order valence-electron chi connectivity index (χ3n) is 5.21. The van der Waals surface area contributed by atoms with Gasteiger partial charge in [0.2, 0.25) is 5.91 Å². The van der Waals surface area contributed by atoms with Gasteiger partial charge in [-0.25, -0.2) is 0 Å². The number of aromatic nitrogens is 1. The average Bonchev–Trinajstić information content (AvgIpc) is 2.81. The van der Waals surface area contributed by atoms with E-state index in [1.807, 2.05) is 48.5 Å². The highest BCUT2D eigenvalue weighted by Gasteiger charge is 2.06. The summed E-state index contributed by atoms with van der Waals surface area (Å²) in [4.78, 5) is 12.4. The van der Waals surface area contributed by atoms with Crippen LogP contribution in [0.3, 0.4) is 0 Å². The van der Waals surface area contributed by atoms with Gasteiger partial charge in [0.15, 0.2) is 11.9 Å². The minimum Gasteiger partial charge on any atom is -0.618 e. The summed E-state index contributed by atoms with van der Waals surface area (Å²) in [6.45, 7) is 2.07. The fourth-order valence-corrected chi connectivity index (χ4v) is 3.44. The van der Waals surface area contributed by atoms with Crippen LogP contribution in [-0.2, 0) is 11.2 Å². The van der Waals surface area contributed by atoms with Crippen molar-refractivity contribution in [3.63, 3.8) is 0 Å². The fraction of sp³-hybridized carbons (Fsp3) is 0.0714. The molecule has 0 fully saturated rings. The highest BCUT2D eigenvalue weighted by atomic mass is 16.5. The minimum absolute atomic E-state index is 0.195. The molecule has 3 aromatic carbocycles. The third-order valence-corrected chi connectivity index (χ3v) is 5.21. The topological polar surface area (TPSA) is 56.0 Å². The Labute approximate surface area is 188 Å². The van der Waals surface area contributed by atoms with Crippen LogP contribution in [0.25, 0.3) is 17.2 Å². The molecule has 0 saturated heterocycles. The first-order valence-corrected chi connectivity index (χ1v) is 10.5. The van der Waals surface area contributed by atoms with Crippen LogP contribution >= 0.6 is 0 Å². The molecule has 1 heterocycles.